The van der Waals surface area contributed by atoms with Crippen molar-refractivity contribution in [3.63, 3.8) is 0 Å². The number of nitrogens with zero attached hydrogens (tertiary/aromatic N) is 3. The summed E-state index contributed by atoms with van der Waals surface area (Å²) in [5.74, 6) is 0.605. The van der Waals surface area contributed by atoms with Crippen molar-refractivity contribution in [1.82, 2.24) is 4.90 Å². The van der Waals surface area contributed by atoms with E-state index < -0.39 is 4.92 Å². The summed E-state index contributed by atoms with van der Waals surface area (Å²) in [5.41, 5.74) is 0.746. The summed E-state index contributed by atoms with van der Waals surface area (Å²) in [6.07, 6.45) is 0.775. The van der Waals surface area contributed by atoms with Gasteiger partial charge in [-0.2, -0.15) is 0 Å². The van der Waals surface area contributed by atoms with Crippen LogP contribution in [0.25, 0.3) is 0 Å². The van der Waals surface area contributed by atoms with E-state index in [1.165, 1.54) is 18.2 Å². The third-order valence-corrected chi connectivity index (χ3v) is 4.01. The van der Waals surface area contributed by atoms with E-state index in [4.69, 9.17) is 4.74 Å². The molecule has 0 aliphatic carbocycles. The molecule has 3 rings (SSSR count). The van der Waals surface area contributed by atoms with Gasteiger partial charge < -0.3 is 14.5 Å². The zero-order valence-electron chi connectivity index (χ0n) is 14.1. The van der Waals surface area contributed by atoms with Crippen LogP contribution in [0.1, 0.15) is 16.8 Å². The van der Waals surface area contributed by atoms with Gasteiger partial charge in [-0.25, -0.2) is 0 Å². The van der Waals surface area contributed by atoms with Crippen LogP contribution < -0.4 is 9.64 Å². The number of rotatable bonds is 5. The normalized spacial score (nSPS) is 13.1. The molecule has 2 aromatic carbocycles. The number of anilines is 1. The first-order valence-corrected chi connectivity index (χ1v) is 7.99. The molecule has 1 heterocycles. The van der Waals surface area contributed by atoms with Gasteiger partial charge >= 0.3 is 0 Å². The largest absolute Gasteiger partial charge is 0.454 e. The number of hydrogen-bond acceptors (Lipinski definition) is 5. The highest BCUT2D eigenvalue weighted by molar-refractivity contribution is 6.10. The molecular formula is C18H19N3O4. The number of carbonyl (C=O) groups is 1. The highest BCUT2D eigenvalue weighted by atomic mass is 16.6. The van der Waals surface area contributed by atoms with E-state index >= 15 is 0 Å². The molecule has 0 bridgehead atoms. The van der Waals surface area contributed by atoms with Gasteiger partial charge in [0.2, 0.25) is 0 Å². The number of fused-ring (bicyclic) bond motifs is 2. The van der Waals surface area contributed by atoms with Crippen molar-refractivity contribution >= 4 is 17.3 Å². The standard InChI is InChI=1S/C18H19N3O4/c1-19(2)10-5-11-20-15-6-3-4-7-17(15)25-16-9-8-13(21(23)24)12-14(16)18(20)22/h3-4,6-9,12H,5,10-11H2,1-2H3. The molecule has 0 radical (unpaired) electrons. The zero-order valence-corrected chi connectivity index (χ0v) is 14.1. The van der Waals surface area contributed by atoms with Crippen molar-refractivity contribution in [1.29, 1.82) is 0 Å². The van der Waals surface area contributed by atoms with E-state index in [-0.39, 0.29) is 17.2 Å². The Morgan fingerprint density at radius 1 is 1.16 bits per heavy atom. The van der Waals surface area contributed by atoms with E-state index in [1.54, 1.807) is 11.0 Å². The van der Waals surface area contributed by atoms with E-state index in [0.717, 1.165) is 13.0 Å². The molecule has 0 saturated carbocycles. The van der Waals surface area contributed by atoms with Gasteiger partial charge in [-0.1, -0.05) is 12.1 Å². The highest BCUT2D eigenvalue weighted by Crippen LogP contribution is 2.39. The molecule has 0 atom stereocenters. The van der Waals surface area contributed by atoms with Crippen LogP contribution in [0.15, 0.2) is 42.5 Å². The van der Waals surface area contributed by atoms with Crippen molar-refractivity contribution in [2.24, 2.45) is 0 Å². The molecule has 0 N–H and O–H groups in total. The maximum absolute atomic E-state index is 13.1. The Labute approximate surface area is 145 Å². The second-order valence-electron chi connectivity index (χ2n) is 6.12. The third kappa shape index (κ3) is 3.46. The molecule has 1 aliphatic rings. The lowest BCUT2D eigenvalue weighted by molar-refractivity contribution is -0.384. The number of para-hydroxylation sites is 2. The topological polar surface area (TPSA) is 75.9 Å². The molecule has 25 heavy (non-hydrogen) atoms. The van der Waals surface area contributed by atoms with E-state index in [1.807, 2.05) is 37.2 Å². The van der Waals surface area contributed by atoms with Gasteiger partial charge in [-0.15, -0.1) is 0 Å². The second kappa shape index (κ2) is 6.90. The van der Waals surface area contributed by atoms with E-state index in [0.29, 0.717) is 23.7 Å². The van der Waals surface area contributed by atoms with Crippen molar-refractivity contribution in [3.05, 3.63) is 58.1 Å². The van der Waals surface area contributed by atoms with Gasteiger partial charge in [0.25, 0.3) is 11.6 Å². The molecule has 1 amide bonds. The van der Waals surface area contributed by atoms with Gasteiger partial charge in [0, 0.05) is 18.7 Å². The number of amides is 1. The lowest BCUT2D eigenvalue weighted by atomic mass is 10.1. The van der Waals surface area contributed by atoms with E-state index in [2.05, 4.69) is 0 Å². The predicted molar refractivity (Wildman–Crippen MR) is 94.5 cm³/mol. The Hall–Kier alpha value is -2.93. The number of nitro benzene ring substituents is 1. The molecule has 2 aromatic rings. The number of nitro groups is 1. The summed E-state index contributed by atoms with van der Waals surface area (Å²) in [7, 11) is 3.94. The van der Waals surface area contributed by atoms with Gasteiger partial charge in [-0.05, 0) is 45.3 Å². The average molecular weight is 341 g/mol. The van der Waals surface area contributed by atoms with Crippen LogP contribution in [0.4, 0.5) is 11.4 Å². The van der Waals surface area contributed by atoms with Crippen LogP contribution in [0.3, 0.4) is 0 Å². The fourth-order valence-electron chi connectivity index (χ4n) is 2.79. The molecule has 0 aromatic heterocycles. The minimum atomic E-state index is -0.512. The summed E-state index contributed by atoms with van der Waals surface area (Å²) < 4.78 is 5.87. The predicted octanol–water partition coefficient (Wildman–Crippen LogP) is 3.30. The summed E-state index contributed by atoms with van der Waals surface area (Å²) in [6, 6.07) is 11.4. The van der Waals surface area contributed by atoms with Crippen LogP contribution in [0, 0.1) is 10.1 Å². The van der Waals surface area contributed by atoms with Gasteiger partial charge in [0.15, 0.2) is 5.75 Å². The van der Waals surface area contributed by atoms with Crippen LogP contribution in [-0.2, 0) is 0 Å². The first-order chi connectivity index (χ1) is 12.0. The summed E-state index contributed by atoms with van der Waals surface area (Å²) in [6.45, 7) is 1.33. The first-order valence-electron chi connectivity index (χ1n) is 7.99. The van der Waals surface area contributed by atoms with Crippen molar-refractivity contribution in [2.75, 3.05) is 32.1 Å². The average Bonchev–Trinajstić information content (AvgIpc) is 2.69. The maximum atomic E-state index is 13.1. The molecule has 1 aliphatic heterocycles. The molecule has 0 saturated heterocycles. The summed E-state index contributed by atoms with van der Waals surface area (Å²) in [5, 5.41) is 11.1. The van der Waals surface area contributed by atoms with Gasteiger partial charge in [-0.3, -0.25) is 14.9 Å². The molecule has 0 fully saturated rings. The molecule has 130 valence electrons. The Morgan fingerprint density at radius 3 is 2.64 bits per heavy atom. The molecule has 7 heteroatoms. The maximum Gasteiger partial charge on any atom is 0.270 e. The summed E-state index contributed by atoms with van der Waals surface area (Å²) in [4.78, 5) is 27.3. The quantitative estimate of drug-likeness (QED) is 0.616. The van der Waals surface area contributed by atoms with Crippen molar-refractivity contribution in [3.8, 4) is 11.5 Å². The minimum absolute atomic E-state index is 0.130. The van der Waals surface area contributed by atoms with E-state index in [9.17, 15) is 14.9 Å². The highest BCUT2D eigenvalue weighted by Gasteiger charge is 2.29. The second-order valence-corrected chi connectivity index (χ2v) is 6.12. The van der Waals surface area contributed by atoms with Crippen LogP contribution >= 0.6 is 0 Å². The Balaban J connectivity index is 2.03. The van der Waals surface area contributed by atoms with Crippen molar-refractivity contribution < 1.29 is 14.5 Å². The molecule has 0 spiro atoms. The Bertz CT molecular complexity index is 820. The Kier molecular flexibility index (Phi) is 4.67. The Morgan fingerprint density at radius 2 is 1.92 bits per heavy atom. The van der Waals surface area contributed by atoms with Crippen molar-refractivity contribution in [2.45, 2.75) is 6.42 Å². The van der Waals surface area contributed by atoms with Gasteiger partial charge in [0.05, 0.1) is 16.2 Å². The lowest BCUT2D eigenvalue weighted by Gasteiger charge is -2.22. The van der Waals surface area contributed by atoms with Crippen LogP contribution in [-0.4, -0.2) is 42.9 Å². The van der Waals surface area contributed by atoms with Crippen LogP contribution in [0.2, 0.25) is 0 Å². The monoisotopic (exact) mass is 341 g/mol. The lowest BCUT2D eigenvalue weighted by Crippen LogP contribution is -2.32. The zero-order chi connectivity index (χ0) is 18.0. The smallest absolute Gasteiger partial charge is 0.270 e. The van der Waals surface area contributed by atoms with Crippen LogP contribution in [0.5, 0.6) is 11.5 Å². The fourth-order valence-corrected chi connectivity index (χ4v) is 2.79. The summed E-state index contributed by atoms with van der Waals surface area (Å²) >= 11 is 0. The molecule has 0 unspecified atom stereocenters. The molecular weight excluding hydrogens is 322 g/mol. The fraction of sp³-hybridized carbons (Fsp3) is 0.278. The number of benzene rings is 2. The SMILES string of the molecule is CN(C)CCCN1C(=O)c2cc([N+](=O)[O-])ccc2Oc2ccccc21. The number of hydrogen-bond donors (Lipinski definition) is 0. The number of carbonyl (C=O) groups excluding carboxylic acids is 1. The first kappa shape index (κ1) is 16.9. The molecule has 7 nitrogen and oxygen atoms in total. The number of non-ortho nitro benzene ring substituents is 1. The minimum Gasteiger partial charge on any atom is -0.454 e. The van der Waals surface area contributed by atoms with Gasteiger partial charge in [0.1, 0.15) is 5.75 Å². The third-order valence-electron chi connectivity index (χ3n) is 4.01. The number of ether oxygens (including phenoxy) is 1.